The fourth-order valence-corrected chi connectivity index (χ4v) is 3.81. The molecule has 0 unspecified atom stereocenters. The molecule has 0 atom stereocenters. The van der Waals surface area contributed by atoms with Crippen molar-refractivity contribution in [2.24, 2.45) is 0 Å². The lowest BCUT2D eigenvalue weighted by molar-refractivity contribution is 0.594. The predicted molar refractivity (Wildman–Crippen MR) is 98.6 cm³/mol. The predicted octanol–water partition coefficient (Wildman–Crippen LogP) is 4.64. The summed E-state index contributed by atoms with van der Waals surface area (Å²) >= 11 is 7.44. The van der Waals surface area contributed by atoms with Gasteiger partial charge in [0, 0.05) is 35.4 Å². The Hall–Kier alpha value is -2.16. The number of nitrogens with zero attached hydrogens (tertiary/aromatic N) is 3. The highest BCUT2D eigenvalue weighted by Crippen LogP contribution is 2.31. The molecule has 0 N–H and O–H groups in total. The lowest BCUT2D eigenvalue weighted by Crippen LogP contribution is -2.25. The minimum Gasteiger partial charge on any atom is -0.296 e. The molecule has 4 nitrogen and oxygen atoms in total. The number of fused-ring (bicyclic) bond motifs is 1. The van der Waals surface area contributed by atoms with Gasteiger partial charge in [0.05, 0.1) is 11.5 Å². The van der Waals surface area contributed by atoms with Gasteiger partial charge in [-0.3, -0.25) is 9.36 Å². The van der Waals surface area contributed by atoms with Gasteiger partial charge in [0.2, 0.25) is 0 Å². The minimum atomic E-state index is -0.0269. The average molecular weight is 358 g/mol. The van der Waals surface area contributed by atoms with Crippen LogP contribution in [-0.4, -0.2) is 9.55 Å². The smallest absolute Gasteiger partial charge is 0.262 e. The first kappa shape index (κ1) is 16.7. The summed E-state index contributed by atoms with van der Waals surface area (Å²) < 4.78 is 1.71. The molecule has 2 aromatic heterocycles. The van der Waals surface area contributed by atoms with Crippen LogP contribution in [0.2, 0.25) is 5.02 Å². The van der Waals surface area contributed by atoms with Crippen molar-refractivity contribution in [3.8, 4) is 17.2 Å². The highest BCUT2D eigenvalue weighted by atomic mass is 35.5. The first-order valence-electron chi connectivity index (χ1n) is 7.79. The molecule has 0 saturated heterocycles. The third-order valence-corrected chi connectivity index (χ3v) is 5.04. The maximum absolute atomic E-state index is 13.0. The zero-order chi connectivity index (χ0) is 17.1. The number of aryl methyl sites for hydroxylation is 1. The van der Waals surface area contributed by atoms with Crippen molar-refractivity contribution >= 4 is 33.2 Å². The molecular weight excluding hydrogens is 342 g/mol. The number of benzene rings is 1. The molecule has 0 saturated carbocycles. The molecule has 3 aromatic rings. The lowest BCUT2D eigenvalue weighted by atomic mass is 10.1. The van der Waals surface area contributed by atoms with Crippen LogP contribution in [-0.2, 0) is 13.0 Å². The number of aromatic nitrogens is 2. The summed E-state index contributed by atoms with van der Waals surface area (Å²) in [4.78, 5) is 18.5. The first-order valence-corrected chi connectivity index (χ1v) is 9.05. The Kier molecular flexibility index (Phi) is 4.98. The Morgan fingerprint density at radius 2 is 2.08 bits per heavy atom. The van der Waals surface area contributed by atoms with E-state index in [-0.39, 0.29) is 5.56 Å². The Morgan fingerprint density at radius 1 is 1.33 bits per heavy atom. The molecule has 1 aromatic carbocycles. The van der Waals surface area contributed by atoms with Gasteiger partial charge < -0.3 is 0 Å². The zero-order valence-electron chi connectivity index (χ0n) is 13.3. The van der Waals surface area contributed by atoms with Crippen molar-refractivity contribution in [2.45, 2.75) is 32.7 Å². The molecule has 6 heteroatoms. The monoisotopic (exact) mass is 357 g/mol. The number of unbranched alkanes of at least 4 members (excludes halogenated alkanes) is 1. The minimum absolute atomic E-state index is 0.0269. The Morgan fingerprint density at radius 3 is 2.75 bits per heavy atom. The maximum atomic E-state index is 13.0. The molecule has 0 bridgehead atoms. The van der Waals surface area contributed by atoms with Gasteiger partial charge in [0.15, 0.2) is 0 Å². The quantitative estimate of drug-likeness (QED) is 0.625. The third-order valence-electron chi connectivity index (χ3n) is 3.91. The first-order chi connectivity index (χ1) is 11.7. The van der Waals surface area contributed by atoms with Crippen molar-refractivity contribution in [3.63, 3.8) is 0 Å². The van der Waals surface area contributed by atoms with Crippen LogP contribution in [0.5, 0.6) is 0 Å². The molecule has 0 aliphatic rings. The van der Waals surface area contributed by atoms with Crippen LogP contribution in [0.3, 0.4) is 0 Å². The second-order valence-corrected chi connectivity index (χ2v) is 6.73. The lowest BCUT2D eigenvalue weighted by Gasteiger charge is -2.11. The molecule has 0 radical (unpaired) electrons. The van der Waals surface area contributed by atoms with Gasteiger partial charge in [-0.1, -0.05) is 30.7 Å². The van der Waals surface area contributed by atoms with Crippen molar-refractivity contribution in [3.05, 3.63) is 50.8 Å². The molecule has 0 aliphatic carbocycles. The van der Waals surface area contributed by atoms with E-state index in [2.05, 4.69) is 11.1 Å². The van der Waals surface area contributed by atoms with Crippen LogP contribution in [0, 0.1) is 11.3 Å². The number of hydrogen-bond acceptors (Lipinski definition) is 4. The summed E-state index contributed by atoms with van der Waals surface area (Å²) in [5.74, 6) is 0.773. The SMILES string of the molecule is CCc1nc2scc(-c3ccc(Cl)cc3)c2c(=O)n1CCCC#N. The molecule has 0 aliphatic heterocycles. The van der Waals surface area contributed by atoms with Gasteiger partial charge in [0.25, 0.3) is 5.56 Å². The molecule has 2 heterocycles. The summed E-state index contributed by atoms with van der Waals surface area (Å²) in [7, 11) is 0. The van der Waals surface area contributed by atoms with E-state index in [1.165, 1.54) is 11.3 Å². The van der Waals surface area contributed by atoms with Crippen molar-refractivity contribution in [1.29, 1.82) is 5.26 Å². The summed E-state index contributed by atoms with van der Waals surface area (Å²) in [5.41, 5.74) is 1.82. The maximum Gasteiger partial charge on any atom is 0.262 e. The van der Waals surface area contributed by atoms with Crippen LogP contribution in [0.15, 0.2) is 34.4 Å². The molecule has 0 spiro atoms. The number of thiophene rings is 1. The van der Waals surface area contributed by atoms with Gasteiger partial charge in [-0.05, 0) is 24.1 Å². The zero-order valence-corrected chi connectivity index (χ0v) is 14.8. The van der Waals surface area contributed by atoms with Crippen LogP contribution in [0.4, 0.5) is 0 Å². The number of halogens is 1. The molecule has 122 valence electrons. The van der Waals surface area contributed by atoms with E-state index in [0.717, 1.165) is 21.8 Å². The van der Waals surface area contributed by atoms with E-state index in [4.69, 9.17) is 16.9 Å². The van der Waals surface area contributed by atoms with E-state index >= 15 is 0 Å². The summed E-state index contributed by atoms with van der Waals surface area (Å²) in [6, 6.07) is 9.59. The second-order valence-electron chi connectivity index (χ2n) is 5.44. The van der Waals surface area contributed by atoms with Gasteiger partial charge >= 0.3 is 0 Å². The highest BCUT2D eigenvalue weighted by Gasteiger charge is 2.16. The largest absolute Gasteiger partial charge is 0.296 e. The van der Waals surface area contributed by atoms with Crippen molar-refractivity contribution in [2.75, 3.05) is 0 Å². The van der Waals surface area contributed by atoms with Crippen LogP contribution in [0.1, 0.15) is 25.6 Å². The summed E-state index contributed by atoms with van der Waals surface area (Å²) in [6.07, 6.45) is 1.77. The third kappa shape index (κ3) is 3.08. The average Bonchev–Trinajstić information content (AvgIpc) is 3.01. The van der Waals surface area contributed by atoms with Crippen LogP contribution >= 0.6 is 22.9 Å². The Labute approximate surface area is 149 Å². The molecular formula is C18H16ClN3OS. The molecule has 0 amide bonds. The summed E-state index contributed by atoms with van der Waals surface area (Å²) in [6.45, 7) is 2.51. The van der Waals surface area contributed by atoms with Gasteiger partial charge in [-0.2, -0.15) is 5.26 Å². The van der Waals surface area contributed by atoms with E-state index in [0.29, 0.717) is 36.2 Å². The van der Waals surface area contributed by atoms with E-state index in [1.54, 1.807) is 4.57 Å². The van der Waals surface area contributed by atoms with Crippen molar-refractivity contribution in [1.82, 2.24) is 9.55 Å². The van der Waals surface area contributed by atoms with E-state index in [9.17, 15) is 4.79 Å². The molecule has 0 fully saturated rings. The fourth-order valence-electron chi connectivity index (χ4n) is 2.73. The number of rotatable bonds is 5. The normalized spacial score (nSPS) is 10.9. The Bertz CT molecular complexity index is 967. The number of nitriles is 1. The molecule has 24 heavy (non-hydrogen) atoms. The standard InChI is InChI=1S/C18H16ClN3OS/c1-2-15-21-17-16(18(23)22(15)10-4-3-9-20)14(11-24-17)12-5-7-13(19)8-6-12/h5-8,11H,2-4,10H2,1H3. The highest BCUT2D eigenvalue weighted by molar-refractivity contribution is 7.17. The van der Waals surface area contributed by atoms with E-state index in [1.807, 2.05) is 36.6 Å². The van der Waals surface area contributed by atoms with E-state index < -0.39 is 0 Å². The molecule has 3 rings (SSSR count). The fraction of sp³-hybridized carbons (Fsp3) is 0.278. The van der Waals surface area contributed by atoms with Crippen molar-refractivity contribution < 1.29 is 0 Å². The number of hydrogen-bond donors (Lipinski definition) is 0. The second kappa shape index (κ2) is 7.16. The van der Waals surface area contributed by atoms with Gasteiger partial charge in [-0.15, -0.1) is 11.3 Å². The van der Waals surface area contributed by atoms with Crippen LogP contribution in [0.25, 0.3) is 21.3 Å². The van der Waals surface area contributed by atoms with Gasteiger partial charge in [-0.25, -0.2) is 4.98 Å². The summed E-state index contributed by atoms with van der Waals surface area (Å²) in [5, 5.41) is 12.0. The topological polar surface area (TPSA) is 58.7 Å². The Balaban J connectivity index is 2.17. The van der Waals surface area contributed by atoms with Crippen LogP contribution < -0.4 is 5.56 Å². The van der Waals surface area contributed by atoms with Gasteiger partial charge in [0.1, 0.15) is 10.7 Å².